The maximum absolute atomic E-state index is 2.44. The van der Waals surface area contributed by atoms with E-state index >= 15 is 0 Å². The molecule has 8 aromatic carbocycles. The first kappa shape index (κ1) is 27.9. The molecule has 2 heteroatoms. The van der Waals surface area contributed by atoms with E-state index in [1.54, 1.807) is 0 Å². The van der Waals surface area contributed by atoms with Crippen molar-refractivity contribution in [2.45, 2.75) is 0 Å². The molecule has 0 atom stereocenters. The molecule has 0 spiro atoms. The molecule has 1 aromatic heterocycles. The van der Waals surface area contributed by atoms with Crippen LogP contribution in [0.5, 0.6) is 0 Å². The van der Waals surface area contributed by atoms with E-state index < -0.39 is 0 Å². The van der Waals surface area contributed by atoms with Gasteiger partial charge in [0.25, 0.3) is 0 Å². The third-order valence-electron chi connectivity index (χ3n) is 9.37. The summed E-state index contributed by atoms with van der Waals surface area (Å²) in [6.07, 6.45) is 0. The molecule has 0 saturated heterocycles. The molecule has 0 N–H and O–H groups in total. The smallest absolute Gasteiger partial charge is 0.0782 e. The highest BCUT2D eigenvalue weighted by Crippen LogP contribution is 2.44. The van der Waals surface area contributed by atoms with Gasteiger partial charge in [-0.15, -0.1) is 0 Å². The normalized spacial score (nSPS) is 11.3. The van der Waals surface area contributed by atoms with E-state index in [-0.39, 0.29) is 0 Å². The van der Waals surface area contributed by atoms with Gasteiger partial charge >= 0.3 is 0 Å². The lowest BCUT2D eigenvalue weighted by molar-refractivity contribution is 1.17. The Labute approximate surface area is 280 Å². The minimum Gasteiger partial charge on any atom is -0.308 e. The Kier molecular flexibility index (Phi) is 6.84. The Balaban J connectivity index is 1.29. The summed E-state index contributed by atoms with van der Waals surface area (Å²) in [4.78, 5) is 2.41. The van der Waals surface area contributed by atoms with Gasteiger partial charge in [0.05, 0.1) is 16.7 Å². The highest BCUT2D eigenvalue weighted by Gasteiger charge is 2.21. The molecule has 9 rings (SSSR count). The van der Waals surface area contributed by atoms with Crippen molar-refractivity contribution >= 4 is 49.6 Å². The predicted octanol–water partition coefficient (Wildman–Crippen LogP) is 12.7. The summed E-state index contributed by atoms with van der Waals surface area (Å²) in [5.74, 6) is 0. The zero-order chi connectivity index (χ0) is 31.9. The molecule has 0 fully saturated rings. The summed E-state index contributed by atoms with van der Waals surface area (Å²) in [6.45, 7) is 0. The van der Waals surface area contributed by atoms with Gasteiger partial charge in [-0.3, -0.25) is 0 Å². The van der Waals surface area contributed by atoms with Crippen molar-refractivity contribution in [1.29, 1.82) is 0 Å². The summed E-state index contributed by atoms with van der Waals surface area (Å²) >= 11 is 0. The summed E-state index contributed by atoms with van der Waals surface area (Å²) in [6, 6.07) is 69.9. The van der Waals surface area contributed by atoms with Gasteiger partial charge in [-0.1, -0.05) is 146 Å². The lowest BCUT2D eigenvalue weighted by atomic mass is 10.0. The van der Waals surface area contributed by atoms with Crippen molar-refractivity contribution in [3.8, 4) is 27.9 Å². The van der Waals surface area contributed by atoms with Gasteiger partial charge in [-0.25, -0.2) is 0 Å². The molecule has 0 amide bonds. The Morgan fingerprint density at radius 3 is 1.52 bits per heavy atom. The number of hydrogen-bond donors (Lipinski definition) is 0. The second kappa shape index (κ2) is 11.8. The first-order valence-corrected chi connectivity index (χ1v) is 16.4. The number of rotatable bonds is 6. The molecule has 0 saturated carbocycles. The van der Waals surface area contributed by atoms with Crippen molar-refractivity contribution in [2.75, 3.05) is 4.90 Å². The van der Waals surface area contributed by atoms with Gasteiger partial charge in [0.2, 0.25) is 0 Å². The van der Waals surface area contributed by atoms with Gasteiger partial charge in [0.15, 0.2) is 0 Å². The van der Waals surface area contributed by atoms with Gasteiger partial charge in [0.1, 0.15) is 0 Å². The zero-order valence-electron chi connectivity index (χ0n) is 26.4. The van der Waals surface area contributed by atoms with Crippen molar-refractivity contribution in [3.05, 3.63) is 194 Å². The van der Waals surface area contributed by atoms with E-state index in [0.29, 0.717) is 0 Å². The number of nitrogens with zero attached hydrogens (tertiary/aromatic N) is 2. The Morgan fingerprint density at radius 2 is 0.875 bits per heavy atom. The first-order chi connectivity index (χ1) is 23.8. The standard InChI is InChI=1S/C46H32N2/c1-3-12-33(13-4-1)36-22-27-39(28-23-36)47(40-29-24-37(25-30-40)34-14-5-2-6-15-34)45-21-11-19-43-42-18-9-10-20-44(42)48(46(43)45)41-31-26-35-16-7-8-17-38(35)32-41/h1-32H. The van der Waals surface area contributed by atoms with E-state index in [9.17, 15) is 0 Å². The fourth-order valence-electron chi connectivity index (χ4n) is 7.06. The highest BCUT2D eigenvalue weighted by molar-refractivity contribution is 6.14. The van der Waals surface area contributed by atoms with E-state index in [2.05, 4.69) is 204 Å². The molecular formula is C46H32N2. The zero-order valence-corrected chi connectivity index (χ0v) is 26.4. The van der Waals surface area contributed by atoms with E-state index in [1.165, 1.54) is 54.8 Å². The lowest BCUT2D eigenvalue weighted by Gasteiger charge is -2.27. The van der Waals surface area contributed by atoms with Crippen LogP contribution in [-0.4, -0.2) is 4.57 Å². The van der Waals surface area contributed by atoms with E-state index in [4.69, 9.17) is 0 Å². The maximum Gasteiger partial charge on any atom is 0.0782 e. The van der Waals surface area contributed by atoms with E-state index in [0.717, 1.165) is 22.7 Å². The molecule has 0 aliphatic heterocycles. The predicted molar refractivity (Wildman–Crippen MR) is 204 cm³/mol. The topological polar surface area (TPSA) is 8.17 Å². The van der Waals surface area contributed by atoms with Gasteiger partial charge in [0, 0.05) is 27.8 Å². The van der Waals surface area contributed by atoms with E-state index in [1.807, 2.05) is 0 Å². The van der Waals surface area contributed by atoms with Crippen molar-refractivity contribution in [2.24, 2.45) is 0 Å². The third kappa shape index (κ3) is 4.83. The maximum atomic E-state index is 2.44. The molecule has 9 aromatic rings. The molecule has 0 unspecified atom stereocenters. The fraction of sp³-hybridized carbons (Fsp3) is 0. The van der Waals surface area contributed by atoms with Crippen LogP contribution >= 0.6 is 0 Å². The van der Waals surface area contributed by atoms with Crippen LogP contribution in [0.3, 0.4) is 0 Å². The Hall–Kier alpha value is -6.38. The van der Waals surface area contributed by atoms with Crippen LogP contribution in [-0.2, 0) is 0 Å². The Bertz CT molecular complexity index is 2450. The number of benzene rings is 8. The Morgan fingerprint density at radius 1 is 0.354 bits per heavy atom. The SMILES string of the molecule is c1ccc(-c2ccc(N(c3ccc(-c4ccccc4)cc3)c3cccc4c5ccccc5n(-c5ccc6ccccc6c5)c34)cc2)cc1. The summed E-state index contributed by atoms with van der Waals surface area (Å²) < 4.78 is 2.44. The molecule has 0 aliphatic rings. The third-order valence-corrected chi connectivity index (χ3v) is 9.37. The van der Waals surface area contributed by atoms with Crippen LogP contribution in [0.15, 0.2) is 194 Å². The molecule has 0 radical (unpaired) electrons. The lowest BCUT2D eigenvalue weighted by Crippen LogP contribution is -2.11. The largest absolute Gasteiger partial charge is 0.308 e. The van der Waals surface area contributed by atoms with Gasteiger partial charge in [-0.05, 0) is 81.6 Å². The molecule has 226 valence electrons. The molecule has 0 bridgehead atoms. The average molecular weight is 613 g/mol. The minimum absolute atomic E-state index is 1.10. The minimum atomic E-state index is 1.10. The first-order valence-electron chi connectivity index (χ1n) is 16.4. The number of hydrogen-bond acceptors (Lipinski definition) is 1. The van der Waals surface area contributed by atoms with Crippen LogP contribution in [0.25, 0.3) is 60.5 Å². The van der Waals surface area contributed by atoms with Crippen molar-refractivity contribution < 1.29 is 0 Å². The molecular weight excluding hydrogens is 581 g/mol. The number of anilines is 3. The second-order valence-electron chi connectivity index (χ2n) is 12.2. The number of para-hydroxylation sites is 2. The number of fused-ring (bicyclic) bond motifs is 4. The summed E-state index contributed by atoms with van der Waals surface area (Å²) in [5, 5.41) is 4.92. The monoisotopic (exact) mass is 612 g/mol. The highest BCUT2D eigenvalue weighted by atomic mass is 15.2. The average Bonchev–Trinajstić information content (AvgIpc) is 3.51. The molecule has 0 aliphatic carbocycles. The van der Waals surface area contributed by atoms with Crippen molar-refractivity contribution in [1.82, 2.24) is 4.57 Å². The fourth-order valence-corrected chi connectivity index (χ4v) is 7.06. The number of aromatic nitrogens is 1. The second-order valence-corrected chi connectivity index (χ2v) is 12.2. The van der Waals surface area contributed by atoms with Crippen LogP contribution in [0, 0.1) is 0 Å². The summed E-state index contributed by atoms with van der Waals surface area (Å²) in [7, 11) is 0. The van der Waals surface area contributed by atoms with Gasteiger partial charge < -0.3 is 9.47 Å². The quantitative estimate of drug-likeness (QED) is 0.181. The molecule has 48 heavy (non-hydrogen) atoms. The summed E-state index contributed by atoms with van der Waals surface area (Å²) in [5.41, 5.74) is 11.6. The van der Waals surface area contributed by atoms with Gasteiger partial charge in [-0.2, -0.15) is 0 Å². The van der Waals surface area contributed by atoms with Crippen molar-refractivity contribution in [3.63, 3.8) is 0 Å². The van der Waals surface area contributed by atoms with Crippen LogP contribution < -0.4 is 4.90 Å². The van der Waals surface area contributed by atoms with Crippen LogP contribution in [0.1, 0.15) is 0 Å². The van der Waals surface area contributed by atoms with Crippen LogP contribution in [0.4, 0.5) is 17.1 Å². The molecule has 2 nitrogen and oxygen atoms in total. The van der Waals surface area contributed by atoms with Crippen LogP contribution in [0.2, 0.25) is 0 Å². The molecule has 1 heterocycles.